The summed E-state index contributed by atoms with van der Waals surface area (Å²) < 4.78 is 16.7. The fourth-order valence-corrected chi connectivity index (χ4v) is 2.10. The van der Waals surface area contributed by atoms with E-state index in [1.165, 1.54) is 0 Å². The van der Waals surface area contributed by atoms with Gasteiger partial charge in [0.15, 0.2) is 8.32 Å². The standard InChI is InChI=1S/C14H28O3Si/c1-8-9-10-13(16-12-15-5)11-17-18(6,7)14(2,3)4/h13H,10-12H2,1-7H3. The van der Waals surface area contributed by atoms with Gasteiger partial charge in [0, 0.05) is 13.5 Å². The van der Waals surface area contributed by atoms with Crippen molar-refractivity contribution >= 4 is 8.32 Å². The highest BCUT2D eigenvalue weighted by Crippen LogP contribution is 2.36. The molecule has 0 saturated carbocycles. The summed E-state index contributed by atoms with van der Waals surface area (Å²) in [5.74, 6) is 5.92. The normalized spacial score (nSPS) is 13.9. The third kappa shape index (κ3) is 6.55. The van der Waals surface area contributed by atoms with E-state index in [1.54, 1.807) is 7.11 Å². The van der Waals surface area contributed by atoms with Crippen LogP contribution in [0.5, 0.6) is 0 Å². The van der Waals surface area contributed by atoms with Crippen LogP contribution in [0.1, 0.15) is 34.1 Å². The Morgan fingerprint density at radius 1 is 1.22 bits per heavy atom. The van der Waals surface area contributed by atoms with E-state index >= 15 is 0 Å². The molecule has 0 aliphatic rings. The van der Waals surface area contributed by atoms with E-state index in [0.717, 1.165) is 0 Å². The zero-order valence-electron chi connectivity index (χ0n) is 12.9. The van der Waals surface area contributed by atoms with Crippen molar-refractivity contribution in [3.05, 3.63) is 0 Å². The highest BCUT2D eigenvalue weighted by molar-refractivity contribution is 6.74. The molecule has 0 aromatic rings. The van der Waals surface area contributed by atoms with Gasteiger partial charge in [0.05, 0.1) is 12.7 Å². The average molecular weight is 272 g/mol. The van der Waals surface area contributed by atoms with Crippen LogP contribution in [-0.4, -0.2) is 34.9 Å². The Kier molecular flexibility index (Phi) is 7.80. The van der Waals surface area contributed by atoms with Gasteiger partial charge in [-0.25, -0.2) is 0 Å². The summed E-state index contributed by atoms with van der Waals surface area (Å²) in [5.41, 5.74) is 0. The number of ether oxygens (including phenoxy) is 2. The number of hydrogen-bond donors (Lipinski definition) is 0. The van der Waals surface area contributed by atoms with Crippen molar-refractivity contribution in [2.24, 2.45) is 0 Å². The van der Waals surface area contributed by atoms with E-state index in [1.807, 2.05) is 6.92 Å². The molecule has 18 heavy (non-hydrogen) atoms. The molecule has 0 radical (unpaired) electrons. The lowest BCUT2D eigenvalue weighted by Crippen LogP contribution is -2.43. The van der Waals surface area contributed by atoms with Crippen LogP contribution in [0.3, 0.4) is 0 Å². The molecule has 1 atom stereocenters. The second kappa shape index (κ2) is 7.95. The molecule has 0 N–H and O–H groups in total. The molecule has 0 fully saturated rings. The third-order valence-corrected chi connectivity index (χ3v) is 7.87. The van der Waals surface area contributed by atoms with Gasteiger partial charge in [-0.3, -0.25) is 0 Å². The first-order chi connectivity index (χ1) is 8.24. The van der Waals surface area contributed by atoms with Gasteiger partial charge in [0.25, 0.3) is 0 Å². The maximum absolute atomic E-state index is 6.14. The van der Waals surface area contributed by atoms with Crippen LogP contribution in [-0.2, 0) is 13.9 Å². The molecule has 0 aromatic carbocycles. The van der Waals surface area contributed by atoms with Gasteiger partial charge in [-0.05, 0) is 25.1 Å². The van der Waals surface area contributed by atoms with Gasteiger partial charge in [-0.1, -0.05) is 20.8 Å². The Hall–Kier alpha value is -0.343. The van der Waals surface area contributed by atoms with Crippen molar-refractivity contribution in [1.82, 2.24) is 0 Å². The van der Waals surface area contributed by atoms with Crippen molar-refractivity contribution in [3.8, 4) is 11.8 Å². The molecule has 0 amide bonds. The van der Waals surface area contributed by atoms with E-state index in [2.05, 4.69) is 45.7 Å². The Bertz CT molecular complexity index is 284. The predicted molar refractivity (Wildman–Crippen MR) is 78.0 cm³/mol. The summed E-state index contributed by atoms with van der Waals surface area (Å²) in [4.78, 5) is 0. The summed E-state index contributed by atoms with van der Waals surface area (Å²) in [5, 5.41) is 0.218. The lowest BCUT2D eigenvalue weighted by molar-refractivity contribution is -0.0829. The van der Waals surface area contributed by atoms with Crippen LogP contribution in [0.25, 0.3) is 0 Å². The van der Waals surface area contributed by atoms with Gasteiger partial charge < -0.3 is 13.9 Å². The lowest BCUT2D eigenvalue weighted by Gasteiger charge is -2.37. The summed E-state index contributed by atoms with van der Waals surface area (Å²) in [6.45, 7) is 13.9. The van der Waals surface area contributed by atoms with Crippen LogP contribution in [0.2, 0.25) is 18.1 Å². The molecular formula is C14H28O3Si. The zero-order valence-corrected chi connectivity index (χ0v) is 13.9. The first-order valence-corrected chi connectivity index (χ1v) is 9.29. The van der Waals surface area contributed by atoms with Crippen LogP contribution in [0, 0.1) is 11.8 Å². The highest BCUT2D eigenvalue weighted by Gasteiger charge is 2.37. The summed E-state index contributed by atoms with van der Waals surface area (Å²) >= 11 is 0. The van der Waals surface area contributed by atoms with Crippen LogP contribution in [0.4, 0.5) is 0 Å². The van der Waals surface area contributed by atoms with Crippen LogP contribution in [0.15, 0.2) is 0 Å². The monoisotopic (exact) mass is 272 g/mol. The molecular weight excluding hydrogens is 244 g/mol. The van der Waals surface area contributed by atoms with E-state index in [-0.39, 0.29) is 17.9 Å². The molecule has 106 valence electrons. The van der Waals surface area contributed by atoms with Crippen LogP contribution < -0.4 is 0 Å². The average Bonchev–Trinajstić information content (AvgIpc) is 2.26. The molecule has 0 spiro atoms. The Morgan fingerprint density at radius 2 is 1.83 bits per heavy atom. The maximum atomic E-state index is 6.14. The number of hydrogen-bond acceptors (Lipinski definition) is 3. The molecule has 4 heteroatoms. The lowest BCUT2D eigenvalue weighted by atomic mass is 10.2. The first-order valence-electron chi connectivity index (χ1n) is 6.38. The molecule has 0 aromatic heterocycles. The molecule has 0 rings (SSSR count). The number of rotatable bonds is 7. The van der Waals surface area contributed by atoms with E-state index in [9.17, 15) is 0 Å². The summed E-state index contributed by atoms with van der Waals surface area (Å²) in [7, 11) is -0.0928. The van der Waals surface area contributed by atoms with Crippen molar-refractivity contribution in [2.75, 3.05) is 20.5 Å². The van der Waals surface area contributed by atoms with Gasteiger partial charge in [0.1, 0.15) is 6.79 Å². The van der Waals surface area contributed by atoms with Crippen molar-refractivity contribution in [3.63, 3.8) is 0 Å². The number of methoxy groups -OCH3 is 1. The minimum Gasteiger partial charge on any atom is -0.414 e. The van der Waals surface area contributed by atoms with E-state index < -0.39 is 8.32 Å². The second-order valence-corrected chi connectivity index (χ2v) is 10.7. The van der Waals surface area contributed by atoms with Gasteiger partial charge in [-0.15, -0.1) is 11.8 Å². The molecule has 0 aliphatic carbocycles. The Balaban J connectivity index is 4.35. The van der Waals surface area contributed by atoms with Gasteiger partial charge >= 0.3 is 0 Å². The van der Waals surface area contributed by atoms with E-state index in [4.69, 9.17) is 13.9 Å². The first kappa shape index (κ1) is 17.7. The molecule has 3 nitrogen and oxygen atoms in total. The predicted octanol–water partition coefficient (Wildman–Crippen LogP) is 3.41. The highest BCUT2D eigenvalue weighted by atomic mass is 28.4. The topological polar surface area (TPSA) is 27.7 Å². The minimum absolute atomic E-state index is 0.00785. The zero-order chi connectivity index (χ0) is 14.2. The van der Waals surface area contributed by atoms with E-state index in [0.29, 0.717) is 13.0 Å². The smallest absolute Gasteiger partial charge is 0.192 e. The van der Waals surface area contributed by atoms with Crippen molar-refractivity contribution in [1.29, 1.82) is 0 Å². The molecule has 0 heterocycles. The van der Waals surface area contributed by atoms with Gasteiger partial charge in [0.2, 0.25) is 0 Å². The van der Waals surface area contributed by atoms with Crippen molar-refractivity contribution in [2.45, 2.75) is 58.4 Å². The minimum atomic E-state index is -1.72. The third-order valence-electron chi connectivity index (χ3n) is 3.36. The summed E-state index contributed by atoms with van der Waals surface area (Å²) in [6.07, 6.45) is 0.681. The van der Waals surface area contributed by atoms with Crippen molar-refractivity contribution < 1.29 is 13.9 Å². The fourth-order valence-electron chi connectivity index (χ4n) is 1.06. The second-order valence-electron chi connectivity index (χ2n) is 5.90. The van der Waals surface area contributed by atoms with Gasteiger partial charge in [-0.2, -0.15) is 0 Å². The quantitative estimate of drug-likeness (QED) is 0.404. The fraction of sp³-hybridized carbons (Fsp3) is 0.857. The molecule has 0 saturated heterocycles. The SMILES string of the molecule is CC#CCC(CO[Si](C)(C)C(C)(C)C)OCOC. The molecule has 0 bridgehead atoms. The molecule has 0 aliphatic heterocycles. The maximum Gasteiger partial charge on any atom is 0.192 e. The molecule has 1 unspecified atom stereocenters. The Morgan fingerprint density at radius 3 is 2.28 bits per heavy atom. The largest absolute Gasteiger partial charge is 0.414 e. The van der Waals surface area contributed by atoms with Crippen LogP contribution >= 0.6 is 0 Å². The summed E-state index contributed by atoms with van der Waals surface area (Å²) in [6, 6.07) is 0. The Labute approximate surface area is 113 Å².